The van der Waals surface area contributed by atoms with Crippen molar-refractivity contribution in [2.45, 2.75) is 39.8 Å². The number of rotatable bonds is 5. The zero-order valence-corrected chi connectivity index (χ0v) is 14.1. The van der Waals surface area contributed by atoms with E-state index >= 15 is 0 Å². The van der Waals surface area contributed by atoms with Crippen LogP contribution >= 0.6 is 0 Å². The summed E-state index contributed by atoms with van der Waals surface area (Å²) in [5.74, 6) is 1.41. The molecule has 0 amide bonds. The summed E-state index contributed by atoms with van der Waals surface area (Å²) in [6.45, 7) is 8.64. The van der Waals surface area contributed by atoms with E-state index in [1.54, 1.807) is 18.6 Å². The number of nitrogens with one attached hydrogen (secondary N) is 1. The molecule has 0 fully saturated rings. The van der Waals surface area contributed by atoms with Crippen molar-refractivity contribution in [1.82, 2.24) is 15.3 Å². The lowest BCUT2D eigenvalue weighted by Crippen LogP contribution is -2.29. The number of para-hydroxylation sites is 1. The third-order valence-electron chi connectivity index (χ3n) is 4.29. The average molecular weight is 309 g/mol. The predicted octanol–water partition coefficient (Wildman–Crippen LogP) is 4.58. The van der Waals surface area contributed by atoms with E-state index in [4.69, 9.17) is 4.42 Å². The number of aromatic nitrogens is 2. The van der Waals surface area contributed by atoms with Gasteiger partial charge >= 0.3 is 0 Å². The van der Waals surface area contributed by atoms with Crippen LogP contribution in [0.15, 0.2) is 47.3 Å². The van der Waals surface area contributed by atoms with Crippen LogP contribution in [0.2, 0.25) is 0 Å². The Labute approximate surface area is 137 Å². The van der Waals surface area contributed by atoms with Gasteiger partial charge in [-0.2, -0.15) is 0 Å². The number of furan rings is 1. The molecule has 0 saturated heterocycles. The highest BCUT2D eigenvalue weighted by Gasteiger charge is 2.25. The summed E-state index contributed by atoms with van der Waals surface area (Å²) in [4.78, 5) is 8.55. The van der Waals surface area contributed by atoms with Crippen molar-refractivity contribution >= 4 is 11.0 Å². The van der Waals surface area contributed by atoms with Crippen molar-refractivity contribution in [1.29, 1.82) is 0 Å². The summed E-state index contributed by atoms with van der Waals surface area (Å²) >= 11 is 0. The lowest BCUT2D eigenvalue weighted by molar-refractivity contribution is 0.320. The molecule has 0 aliphatic heterocycles. The van der Waals surface area contributed by atoms with Crippen LogP contribution < -0.4 is 5.32 Å². The van der Waals surface area contributed by atoms with E-state index in [-0.39, 0.29) is 12.1 Å². The van der Waals surface area contributed by atoms with Gasteiger partial charge in [0, 0.05) is 30.0 Å². The summed E-state index contributed by atoms with van der Waals surface area (Å²) in [5.41, 5.74) is 3.09. The Bertz CT molecular complexity index is 780. The minimum Gasteiger partial charge on any atom is -0.459 e. The molecule has 2 aromatic heterocycles. The molecule has 2 atom stereocenters. The van der Waals surface area contributed by atoms with E-state index in [0.29, 0.717) is 5.92 Å². The molecular formula is C19H23N3O. The number of fused-ring (bicyclic) bond motifs is 1. The first-order chi connectivity index (χ1) is 11.1. The van der Waals surface area contributed by atoms with Gasteiger partial charge in [0.2, 0.25) is 0 Å². The fraction of sp³-hybridized carbons (Fsp3) is 0.368. The summed E-state index contributed by atoms with van der Waals surface area (Å²) in [6, 6.07) is 8.42. The van der Waals surface area contributed by atoms with Crippen molar-refractivity contribution in [2.75, 3.05) is 0 Å². The number of hydrogen-bond acceptors (Lipinski definition) is 4. The first-order valence-electron chi connectivity index (χ1n) is 8.08. The molecule has 0 unspecified atom stereocenters. The lowest BCUT2D eigenvalue weighted by atomic mass is 9.97. The highest BCUT2D eigenvalue weighted by atomic mass is 16.3. The quantitative estimate of drug-likeness (QED) is 0.749. The SMILES string of the molecule is Cc1c([C@H](N[C@@H](C)c2cnccn2)C(C)C)oc2ccccc12. The Kier molecular flexibility index (Phi) is 4.44. The van der Waals surface area contributed by atoms with Gasteiger partial charge in [-0.25, -0.2) is 0 Å². The van der Waals surface area contributed by atoms with E-state index in [0.717, 1.165) is 17.0 Å². The van der Waals surface area contributed by atoms with Crippen molar-refractivity contribution in [3.8, 4) is 0 Å². The third-order valence-corrected chi connectivity index (χ3v) is 4.29. The van der Waals surface area contributed by atoms with Gasteiger partial charge in [0.25, 0.3) is 0 Å². The van der Waals surface area contributed by atoms with Crippen molar-refractivity contribution in [3.63, 3.8) is 0 Å². The maximum absolute atomic E-state index is 6.16. The Morgan fingerprint density at radius 1 is 1.09 bits per heavy atom. The summed E-state index contributed by atoms with van der Waals surface area (Å²) in [6.07, 6.45) is 5.23. The van der Waals surface area contributed by atoms with E-state index in [1.165, 1.54) is 10.9 Å². The molecule has 1 aromatic carbocycles. The molecule has 0 saturated carbocycles. The van der Waals surface area contributed by atoms with Gasteiger partial charge in [0.15, 0.2) is 0 Å². The average Bonchev–Trinajstić information content (AvgIpc) is 2.90. The van der Waals surface area contributed by atoms with E-state index in [1.807, 2.05) is 12.1 Å². The van der Waals surface area contributed by atoms with Crippen LogP contribution in [0, 0.1) is 12.8 Å². The molecule has 0 bridgehead atoms. The van der Waals surface area contributed by atoms with Crippen LogP contribution in [0.3, 0.4) is 0 Å². The molecular weight excluding hydrogens is 286 g/mol. The second kappa shape index (κ2) is 6.50. The first kappa shape index (κ1) is 15.7. The zero-order valence-electron chi connectivity index (χ0n) is 14.1. The van der Waals surface area contributed by atoms with Gasteiger partial charge in [-0.15, -0.1) is 0 Å². The van der Waals surface area contributed by atoms with Crippen LogP contribution in [-0.4, -0.2) is 9.97 Å². The first-order valence-corrected chi connectivity index (χ1v) is 8.08. The van der Waals surface area contributed by atoms with Crippen LogP contribution in [0.5, 0.6) is 0 Å². The Balaban J connectivity index is 1.93. The van der Waals surface area contributed by atoms with Crippen LogP contribution in [0.25, 0.3) is 11.0 Å². The van der Waals surface area contributed by atoms with Gasteiger partial charge in [0.1, 0.15) is 11.3 Å². The largest absolute Gasteiger partial charge is 0.459 e. The fourth-order valence-corrected chi connectivity index (χ4v) is 2.95. The molecule has 0 radical (unpaired) electrons. The number of hydrogen-bond donors (Lipinski definition) is 1. The number of benzene rings is 1. The smallest absolute Gasteiger partial charge is 0.134 e. The predicted molar refractivity (Wildman–Crippen MR) is 92.1 cm³/mol. The van der Waals surface area contributed by atoms with E-state index in [2.05, 4.69) is 55.1 Å². The molecule has 0 spiro atoms. The topological polar surface area (TPSA) is 51.0 Å². The second-order valence-corrected chi connectivity index (χ2v) is 6.33. The molecule has 23 heavy (non-hydrogen) atoms. The monoisotopic (exact) mass is 309 g/mol. The highest BCUT2D eigenvalue weighted by Crippen LogP contribution is 2.34. The van der Waals surface area contributed by atoms with Gasteiger partial charge in [0.05, 0.1) is 11.7 Å². The molecule has 3 rings (SSSR count). The van der Waals surface area contributed by atoms with Gasteiger partial charge < -0.3 is 4.42 Å². The van der Waals surface area contributed by atoms with Crippen LogP contribution in [0.4, 0.5) is 0 Å². The Morgan fingerprint density at radius 2 is 1.87 bits per heavy atom. The molecule has 1 N–H and O–H groups in total. The van der Waals surface area contributed by atoms with Crippen LogP contribution in [0.1, 0.15) is 49.9 Å². The zero-order chi connectivity index (χ0) is 16.4. The molecule has 2 heterocycles. The summed E-state index contributed by atoms with van der Waals surface area (Å²) in [7, 11) is 0. The minimum atomic E-state index is 0.101. The molecule has 0 aliphatic rings. The summed E-state index contributed by atoms with van der Waals surface area (Å²) in [5, 5.41) is 4.84. The minimum absolute atomic E-state index is 0.101. The van der Waals surface area contributed by atoms with Crippen molar-refractivity contribution in [2.24, 2.45) is 5.92 Å². The molecule has 0 aliphatic carbocycles. The van der Waals surface area contributed by atoms with Crippen molar-refractivity contribution in [3.05, 3.63) is 59.9 Å². The number of nitrogens with zero attached hydrogens (tertiary/aromatic N) is 2. The summed E-state index contributed by atoms with van der Waals surface area (Å²) < 4.78 is 6.16. The van der Waals surface area contributed by atoms with Gasteiger partial charge in [-0.3, -0.25) is 15.3 Å². The second-order valence-electron chi connectivity index (χ2n) is 6.33. The normalized spacial score (nSPS) is 14.3. The van der Waals surface area contributed by atoms with E-state index < -0.39 is 0 Å². The van der Waals surface area contributed by atoms with E-state index in [9.17, 15) is 0 Å². The molecule has 120 valence electrons. The molecule has 4 nitrogen and oxygen atoms in total. The fourth-order valence-electron chi connectivity index (χ4n) is 2.95. The Hall–Kier alpha value is -2.20. The highest BCUT2D eigenvalue weighted by molar-refractivity contribution is 5.82. The van der Waals surface area contributed by atoms with Crippen LogP contribution in [-0.2, 0) is 0 Å². The Morgan fingerprint density at radius 3 is 2.52 bits per heavy atom. The van der Waals surface area contributed by atoms with Crippen molar-refractivity contribution < 1.29 is 4.42 Å². The number of aryl methyl sites for hydroxylation is 1. The molecule has 3 aromatic rings. The third kappa shape index (κ3) is 3.13. The standard InChI is InChI=1S/C19H23N3O/c1-12(2)18(22-14(4)16-11-20-9-10-21-16)19-13(3)15-7-5-6-8-17(15)23-19/h5-12,14,18,22H,1-4H3/t14-,18+/m0/s1. The maximum atomic E-state index is 6.16. The lowest BCUT2D eigenvalue weighted by Gasteiger charge is -2.25. The van der Waals surface area contributed by atoms with Gasteiger partial charge in [-0.1, -0.05) is 32.0 Å². The maximum Gasteiger partial charge on any atom is 0.134 e. The molecule has 4 heteroatoms. The van der Waals surface area contributed by atoms with Gasteiger partial charge in [-0.05, 0) is 31.4 Å².